The van der Waals surface area contributed by atoms with E-state index in [-0.39, 0.29) is 5.91 Å². The molecule has 21 heavy (non-hydrogen) atoms. The fourth-order valence-corrected chi connectivity index (χ4v) is 3.10. The van der Waals surface area contributed by atoms with Gasteiger partial charge in [0, 0.05) is 17.8 Å². The largest absolute Gasteiger partial charge is 0.325 e. The van der Waals surface area contributed by atoms with Crippen LogP contribution in [0.5, 0.6) is 0 Å². The van der Waals surface area contributed by atoms with Crippen molar-refractivity contribution in [1.29, 1.82) is 0 Å². The first-order chi connectivity index (χ1) is 10.1. The van der Waals surface area contributed by atoms with E-state index in [1.54, 1.807) is 0 Å². The van der Waals surface area contributed by atoms with E-state index in [2.05, 4.69) is 37.1 Å². The van der Waals surface area contributed by atoms with Crippen molar-refractivity contribution >= 4 is 11.6 Å². The number of carbonyl (C=O) groups excluding carboxylic acids is 1. The molecule has 3 rings (SSSR count). The van der Waals surface area contributed by atoms with Crippen LogP contribution in [0.25, 0.3) is 0 Å². The molecule has 0 aliphatic heterocycles. The van der Waals surface area contributed by atoms with Crippen LogP contribution in [0.15, 0.2) is 18.2 Å². The summed E-state index contributed by atoms with van der Waals surface area (Å²) >= 11 is 0. The standard InChI is InChI=1S/C18H26N2O/c1-12-5-4-6-17(13(12)2)19-18(21)11-20(16-9-10-16)14(3)15-7-8-15/h4-6,14-16H,7-11H2,1-3H3,(H,19,21). The molecule has 2 fully saturated rings. The zero-order valence-corrected chi connectivity index (χ0v) is 13.4. The Bertz CT molecular complexity index is 532. The molecule has 0 saturated heterocycles. The van der Waals surface area contributed by atoms with Gasteiger partial charge in [-0.2, -0.15) is 0 Å². The Balaban J connectivity index is 1.63. The van der Waals surface area contributed by atoms with Gasteiger partial charge in [0.1, 0.15) is 0 Å². The van der Waals surface area contributed by atoms with Crippen molar-refractivity contribution in [2.24, 2.45) is 5.92 Å². The average Bonchev–Trinajstić information content (AvgIpc) is 3.31. The number of hydrogen-bond donors (Lipinski definition) is 1. The fourth-order valence-electron chi connectivity index (χ4n) is 3.10. The fraction of sp³-hybridized carbons (Fsp3) is 0.611. The number of aryl methyl sites for hydroxylation is 1. The summed E-state index contributed by atoms with van der Waals surface area (Å²) < 4.78 is 0. The maximum Gasteiger partial charge on any atom is 0.238 e. The number of hydrogen-bond acceptors (Lipinski definition) is 2. The molecule has 0 spiro atoms. The highest BCUT2D eigenvalue weighted by Crippen LogP contribution is 2.39. The van der Waals surface area contributed by atoms with Crippen molar-refractivity contribution in [1.82, 2.24) is 4.90 Å². The predicted molar refractivity (Wildman–Crippen MR) is 86.5 cm³/mol. The van der Waals surface area contributed by atoms with Crippen molar-refractivity contribution in [3.63, 3.8) is 0 Å². The lowest BCUT2D eigenvalue weighted by Crippen LogP contribution is -2.42. The van der Waals surface area contributed by atoms with Gasteiger partial charge >= 0.3 is 0 Å². The molecule has 2 saturated carbocycles. The Kier molecular flexibility index (Phi) is 4.03. The molecule has 1 N–H and O–H groups in total. The summed E-state index contributed by atoms with van der Waals surface area (Å²) in [6, 6.07) is 7.28. The van der Waals surface area contributed by atoms with Crippen molar-refractivity contribution in [2.45, 2.75) is 58.5 Å². The highest BCUT2D eigenvalue weighted by molar-refractivity contribution is 5.93. The number of carbonyl (C=O) groups is 1. The molecule has 1 unspecified atom stereocenters. The number of amides is 1. The molecule has 114 valence electrons. The van der Waals surface area contributed by atoms with E-state index in [1.165, 1.54) is 36.8 Å². The molecular formula is C18H26N2O. The van der Waals surface area contributed by atoms with Gasteiger partial charge in [-0.05, 0) is 69.6 Å². The van der Waals surface area contributed by atoms with E-state index in [0.717, 1.165) is 11.6 Å². The lowest BCUT2D eigenvalue weighted by molar-refractivity contribution is -0.118. The SMILES string of the molecule is Cc1cccc(NC(=O)CN(C2CC2)C(C)C2CC2)c1C. The first-order valence-electron chi connectivity index (χ1n) is 8.18. The van der Waals surface area contributed by atoms with Gasteiger partial charge in [-0.15, -0.1) is 0 Å². The maximum atomic E-state index is 12.4. The third-order valence-corrected chi connectivity index (χ3v) is 5.05. The molecule has 1 amide bonds. The Morgan fingerprint density at radius 2 is 2.00 bits per heavy atom. The summed E-state index contributed by atoms with van der Waals surface area (Å²) in [4.78, 5) is 14.8. The quantitative estimate of drug-likeness (QED) is 0.868. The van der Waals surface area contributed by atoms with Gasteiger partial charge in [-0.3, -0.25) is 9.69 Å². The van der Waals surface area contributed by atoms with Gasteiger partial charge in [0.15, 0.2) is 0 Å². The minimum absolute atomic E-state index is 0.128. The van der Waals surface area contributed by atoms with E-state index >= 15 is 0 Å². The average molecular weight is 286 g/mol. The van der Waals surface area contributed by atoms with Crippen molar-refractivity contribution < 1.29 is 4.79 Å². The van der Waals surface area contributed by atoms with Gasteiger partial charge in [0.2, 0.25) is 5.91 Å². The number of rotatable bonds is 6. The van der Waals surface area contributed by atoms with Crippen LogP contribution in [0.4, 0.5) is 5.69 Å². The third-order valence-electron chi connectivity index (χ3n) is 5.05. The van der Waals surface area contributed by atoms with Gasteiger partial charge in [0.05, 0.1) is 6.54 Å². The number of anilines is 1. The monoisotopic (exact) mass is 286 g/mol. The number of nitrogens with zero attached hydrogens (tertiary/aromatic N) is 1. The van der Waals surface area contributed by atoms with Crippen molar-refractivity contribution in [2.75, 3.05) is 11.9 Å². The Hall–Kier alpha value is -1.35. The zero-order valence-electron chi connectivity index (χ0n) is 13.4. The molecule has 1 aromatic rings. The molecule has 1 atom stereocenters. The second kappa shape index (κ2) is 5.80. The van der Waals surface area contributed by atoms with Crippen LogP contribution in [0.3, 0.4) is 0 Å². The Morgan fingerprint density at radius 3 is 2.62 bits per heavy atom. The second-order valence-corrected chi connectivity index (χ2v) is 6.78. The normalized spacial score (nSPS) is 19.6. The summed E-state index contributed by atoms with van der Waals surface area (Å²) in [6.07, 6.45) is 5.19. The van der Waals surface area contributed by atoms with Crippen LogP contribution in [0, 0.1) is 19.8 Å². The molecule has 2 aliphatic rings. The summed E-state index contributed by atoms with van der Waals surface area (Å²) in [5.74, 6) is 0.946. The maximum absolute atomic E-state index is 12.4. The zero-order chi connectivity index (χ0) is 15.0. The molecule has 0 aromatic heterocycles. The van der Waals surface area contributed by atoms with Crippen LogP contribution < -0.4 is 5.32 Å². The molecule has 3 heteroatoms. The van der Waals surface area contributed by atoms with E-state index in [1.807, 2.05) is 12.1 Å². The van der Waals surface area contributed by atoms with E-state index < -0.39 is 0 Å². The molecule has 0 heterocycles. The lowest BCUT2D eigenvalue weighted by Gasteiger charge is -2.28. The van der Waals surface area contributed by atoms with E-state index in [0.29, 0.717) is 18.6 Å². The van der Waals surface area contributed by atoms with Crippen LogP contribution in [0.1, 0.15) is 43.7 Å². The van der Waals surface area contributed by atoms with Gasteiger partial charge < -0.3 is 5.32 Å². The molecule has 2 aliphatic carbocycles. The summed E-state index contributed by atoms with van der Waals surface area (Å²) in [5, 5.41) is 3.10. The Labute approximate surface area is 127 Å². The van der Waals surface area contributed by atoms with Crippen LogP contribution in [-0.2, 0) is 4.79 Å². The highest BCUT2D eigenvalue weighted by Gasteiger charge is 2.39. The first kappa shape index (κ1) is 14.6. The highest BCUT2D eigenvalue weighted by atomic mass is 16.2. The Morgan fingerprint density at radius 1 is 1.29 bits per heavy atom. The van der Waals surface area contributed by atoms with Crippen LogP contribution in [-0.4, -0.2) is 29.4 Å². The van der Waals surface area contributed by atoms with Crippen LogP contribution in [0.2, 0.25) is 0 Å². The van der Waals surface area contributed by atoms with Crippen LogP contribution >= 0.6 is 0 Å². The van der Waals surface area contributed by atoms with Gasteiger partial charge in [-0.25, -0.2) is 0 Å². The number of nitrogens with one attached hydrogen (secondary N) is 1. The van der Waals surface area contributed by atoms with Gasteiger partial charge in [0.25, 0.3) is 0 Å². The molecule has 1 aromatic carbocycles. The third kappa shape index (κ3) is 3.46. The molecular weight excluding hydrogens is 260 g/mol. The second-order valence-electron chi connectivity index (χ2n) is 6.78. The number of benzene rings is 1. The minimum atomic E-state index is 0.128. The van der Waals surface area contributed by atoms with Crippen molar-refractivity contribution in [3.05, 3.63) is 29.3 Å². The van der Waals surface area contributed by atoms with Crippen molar-refractivity contribution in [3.8, 4) is 0 Å². The topological polar surface area (TPSA) is 32.3 Å². The molecule has 0 bridgehead atoms. The predicted octanol–water partition coefficient (Wildman–Crippen LogP) is 3.50. The smallest absolute Gasteiger partial charge is 0.238 e. The summed E-state index contributed by atoms with van der Waals surface area (Å²) in [7, 11) is 0. The summed E-state index contributed by atoms with van der Waals surface area (Å²) in [6.45, 7) is 6.98. The molecule has 0 radical (unpaired) electrons. The van der Waals surface area contributed by atoms with E-state index in [9.17, 15) is 4.79 Å². The van der Waals surface area contributed by atoms with E-state index in [4.69, 9.17) is 0 Å². The first-order valence-corrected chi connectivity index (χ1v) is 8.18. The van der Waals surface area contributed by atoms with Gasteiger partial charge in [-0.1, -0.05) is 12.1 Å². The molecule has 3 nitrogen and oxygen atoms in total. The summed E-state index contributed by atoms with van der Waals surface area (Å²) in [5.41, 5.74) is 3.34. The lowest BCUT2D eigenvalue weighted by atomic mass is 10.1. The minimum Gasteiger partial charge on any atom is -0.325 e.